The summed E-state index contributed by atoms with van der Waals surface area (Å²) in [6.07, 6.45) is -0.131. The summed E-state index contributed by atoms with van der Waals surface area (Å²) in [5.41, 5.74) is 11.5. The first kappa shape index (κ1) is 26.1. The van der Waals surface area contributed by atoms with Crippen LogP contribution in [0.5, 0.6) is 0 Å². The highest BCUT2D eigenvalue weighted by atomic mass is 32.2. The molecule has 37 heavy (non-hydrogen) atoms. The second-order valence-electron chi connectivity index (χ2n) is 8.79. The number of carboxylic acids is 1. The molecule has 0 saturated heterocycles. The van der Waals surface area contributed by atoms with Crippen molar-refractivity contribution in [1.82, 2.24) is 10.0 Å². The number of nitrogens with two attached hydrogens (primary N) is 1. The SMILES string of the molecule is Cc1ccc(SNC(N)=NCCCC(NC(=O)OCC2c3ccccc3-c3ccccc32)C(=O)O)cc1. The number of carbonyl (C=O) groups excluding carboxylic acids is 1. The van der Waals surface area contributed by atoms with Crippen LogP contribution in [0, 0.1) is 6.92 Å². The summed E-state index contributed by atoms with van der Waals surface area (Å²) in [5.74, 6) is -0.968. The van der Waals surface area contributed by atoms with Gasteiger partial charge in [-0.3, -0.25) is 9.71 Å². The molecule has 0 radical (unpaired) electrons. The molecule has 3 aromatic rings. The molecule has 0 fully saturated rings. The molecule has 1 aliphatic carbocycles. The lowest BCUT2D eigenvalue weighted by atomic mass is 9.98. The number of aliphatic carboxylic acids is 1. The number of aryl methyl sites for hydroxylation is 1. The van der Waals surface area contributed by atoms with Crippen LogP contribution in [0.15, 0.2) is 82.7 Å². The van der Waals surface area contributed by atoms with Crippen LogP contribution in [0.25, 0.3) is 11.1 Å². The second-order valence-corrected chi connectivity index (χ2v) is 9.67. The van der Waals surface area contributed by atoms with E-state index >= 15 is 0 Å². The largest absolute Gasteiger partial charge is 0.480 e. The van der Waals surface area contributed by atoms with Gasteiger partial charge >= 0.3 is 12.1 Å². The molecule has 5 N–H and O–H groups in total. The topological polar surface area (TPSA) is 126 Å². The first-order chi connectivity index (χ1) is 17.9. The van der Waals surface area contributed by atoms with Gasteiger partial charge in [-0.1, -0.05) is 66.2 Å². The molecule has 0 spiro atoms. The highest BCUT2D eigenvalue weighted by molar-refractivity contribution is 7.98. The van der Waals surface area contributed by atoms with Crippen molar-refractivity contribution in [3.8, 4) is 11.1 Å². The molecule has 1 aliphatic rings. The highest BCUT2D eigenvalue weighted by Crippen LogP contribution is 2.44. The first-order valence-electron chi connectivity index (χ1n) is 12.1. The monoisotopic (exact) mass is 518 g/mol. The second kappa shape index (κ2) is 12.3. The number of ether oxygens (including phenoxy) is 1. The van der Waals surface area contributed by atoms with Crippen LogP contribution in [0.2, 0.25) is 0 Å². The average molecular weight is 519 g/mol. The lowest BCUT2D eigenvalue weighted by molar-refractivity contribution is -0.139. The van der Waals surface area contributed by atoms with Gasteiger partial charge in [0.1, 0.15) is 12.6 Å². The third kappa shape index (κ3) is 6.83. The lowest BCUT2D eigenvalue weighted by Crippen LogP contribution is -2.41. The van der Waals surface area contributed by atoms with E-state index in [2.05, 4.69) is 27.2 Å². The van der Waals surface area contributed by atoms with E-state index in [1.165, 1.54) is 17.5 Å². The van der Waals surface area contributed by atoms with Crippen molar-refractivity contribution in [2.45, 2.75) is 36.6 Å². The van der Waals surface area contributed by atoms with Gasteiger partial charge in [0.2, 0.25) is 0 Å². The molecule has 0 heterocycles. The summed E-state index contributed by atoms with van der Waals surface area (Å²) >= 11 is 1.35. The van der Waals surface area contributed by atoms with E-state index in [0.29, 0.717) is 13.0 Å². The van der Waals surface area contributed by atoms with Gasteiger partial charge in [0.25, 0.3) is 0 Å². The van der Waals surface area contributed by atoms with Crippen LogP contribution in [0.3, 0.4) is 0 Å². The van der Waals surface area contributed by atoms with E-state index in [4.69, 9.17) is 10.5 Å². The molecule has 9 heteroatoms. The highest BCUT2D eigenvalue weighted by Gasteiger charge is 2.29. The number of guanidine groups is 1. The Morgan fingerprint density at radius 3 is 2.27 bits per heavy atom. The quantitative estimate of drug-likeness (QED) is 0.133. The van der Waals surface area contributed by atoms with E-state index in [9.17, 15) is 14.7 Å². The number of carbonyl (C=O) groups is 2. The van der Waals surface area contributed by atoms with Crippen LogP contribution >= 0.6 is 11.9 Å². The van der Waals surface area contributed by atoms with E-state index in [1.807, 2.05) is 67.6 Å². The van der Waals surface area contributed by atoms with Gasteiger partial charge in [0, 0.05) is 17.4 Å². The Labute approximate surface area is 220 Å². The molecule has 0 saturated carbocycles. The van der Waals surface area contributed by atoms with Crippen LogP contribution in [0.1, 0.15) is 35.4 Å². The van der Waals surface area contributed by atoms with Gasteiger partial charge in [-0.25, -0.2) is 9.59 Å². The molecule has 1 amide bonds. The predicted octanol–water partition coefficient (Wildman–Crippen LogP) is 4.68. The maximum atomic E-state index is 12.5. The smallest absolute Gasteiger partial charge is 0.407 e. The number of hydrogen-bond donors (Lipinski definition) is 4. The summed E-state index contributed by atoms with van der Waals surface area (Å²) in [6.45, 7) is 2.46. The van der Waals surface area contributed by atoms with Crippen LogP contribution < -0.4 is 15.8 Å². The van der Waals surface area contributed by atoms with Crippen molar-refractivity contribution in [3.63, 3.8) is 0 Å². The molecular weight excluding hydrogens is 488 g/mol. The number of nitrogens with zero attached hydrogens (tertiary/aromatic N) is 1. The molecular formula is C28H30N4O4S. The molecule has 1 unspecified atom stereocenters. The fourth-order valence-electron chi connectivity index (χ4n) is 4.28. The molecule has 1 atom stereocenters. The Balaban J connectivity index is 1.23. The number of benzene rings is 3. The Kier molecular flexibility index (Phi) is 8.68. The first-order valence-corrected chi connectivity index (χ1v) is 12.9. The van der Waals surface area contributed by atoms with Crippen molar-refractivity contribution < 1.29 is 19.4 Å². The third-order valence-electron chi connectivity index (χ3n) is 6.16. The zero-order chi connectivity index (χ0) is 26.2. The molecule has 8 nitrogen and oxygen atoms in total. The Morgan fingerprint density at radius 1 is 1.03 bits per heavy atom. The Morgan fingerprint density at radius 2 is 1.65 bits per heavy atom. The number of aliphatic imine (C=N–C) groups is 1. The van der Waals surface area contributed by atoms with E-state index in [1.54, 1.807) is 0 Å². The van der Waals surface area contributed by atoms with Crippen molar-refractivity contribution in [1.29, 1.82) is 0 Å². The van der Waals surface area contributed by atoms with Gasteiger partial charge in [0.15, 0.2) is 5.96 Å². The van der Waals surface area contributed by atoms with Crippen molar-refractivity contribution in [3.05, 3.63) is 89.5 Å². The minimum absolute atomic E-state index is 0.0935. The van der Waals surface area contributed by atoms with Crippen LogP contribution in [-0.2, 0) is 9.53 Å². The minimum Gasteiger partial charge on any atom is -0.480 e. The van der Waals surface area contributed by atoms with Crippen molar-refractivity contribution >= 4 is 30.0 Å². The number of hydrogen-bond acceptors (Lipinski definition) is 5. The number of alkyl carbamates (subject to hydrolysis) is 1. The predicted molar refractivity (Wildman–Crippen MR) is 146 cm³/mol. The number of rotatable bonds is 10. The van der Waals surface area contributed by atoms with Gasteiger partial charge < -0.3 is 20.9 Å². The Bertz CT molecular complexity index is 1230. The van der Waals surface area contributed by atoms with Gasteiger partial charge in [0.05, 0.1) is 0 Å². The molecule has 0 aromatic heterocycles. The van der Waals surface area contributed by atoms with Gasteiger partial charge in [-0.15, -0.1) is 0 Å². The summed E-state index contributed by atoms with van der Waals surface area (Å²) < 4.78 is 8.43. The standard InChI is InChI=1S/C28H30N4O4S/c1-18-12-14-19(15-13-18)37-32-27(29)30-16-6-11-25(26(33)34)31-28(35)36-17-24-22-9-4-2-7-20(22)21-8-3-5-10-23(21)24/h2-5,7-10,12-15,24-25H,6,11,16-17H2,1H3,(H,31,35)(H,33,34)(H3,29,30,32). The van der Waals surface area contributed by atoms with Crippen molar-refractivity contribution in [2.24, 2.45) is 10.7 Å². The fraction of sp³-hybridized carbons (Fsp3) is 0.250. The summed E-state index contributed by atoms with van der Waals surface area (Å²) in [5, 5.41) is 12.0. The van der Waals surface area contributed by atoms with Crippen molar-refractivity contribution in [2.75, 3.05) is 13.2 Å². The molecule has 0 aliphatic heterocycles. The number of carboxylic acid groups (broad SMARTS) is 1. The van der Waals surface area contributed by atoms with Gasteiger partial charge in [-0.2, -0.15) is 0 Å². The molecule has 192 valence electrons. The number of fused-ring (bicyclic) bond motifs is 3. The molecule has 0 bridgehead atoms. The summed E-state index contributed by atoms with van der Waals surface area (Å²) in [7, 11) is 0. The number of nitrogens with one attached hydrogen (secondary N) is 2. The van der Waals surface area contributed by atoms with E-state index in [-0.39, 0.29) is 24.9 Å². The lowest BCUT2D eigenvalue weighted by Gasteiger charge is -2.17. The third-order valence-corrected chi connectivity index (χ3v) is 6.98. The molecule has 4 rings (SSSR count). The summed E-state index contributed by atoms with van der Waals surface area (Å²) in [4.78, 5) is 29.4. The zero-order valence-electron chi connectivity index (χ0n) is 20.5. The summed E-state index contributed by atoms with van der Waals surface area (Å²) in [6, 6.07) is 23.0. The fourth-order valence-corrected chi connectivity index (χ4v) is 4.84. The van der Waals surface area contributed by atoms with E-state index in [0.717, 1.165) is 27.1 Å². The average Bonchev–Trinajstić information content (AvgIpc) is 3.22. The van der Waals surface area contributed by atoms with E-state index < -0.39 is 18.1 Å². The zero-order valence-corrected chi connectivity index (χ0v) is 21.3. The Hall–Kier alpha value is -3.98. The van der Waals surface area contributed by atoms with Crippen LogP contribution in [0.4, 0.5) is 4.79 Å². The molecule has 3 aromatic carbocycles. The van der Waals surface area contributed by atoms with Gasteiger partial charge in [-0.05, 0) is 66.1 Å². The maximum absolute atomic E-state index is 12.5. The normalized spacial score (nSPS) is 13.4. The maximum Gasteiger partial charge on any atom is 0.407 e. The number of amides is 1. The minimum atomic E-state index is -1.13. The van der Waals surface area contributed by atoms with Crippen LogP contribution in [-0.4, -0.2) is 42.3 Å².